The maximum atomic E-state index is 11.7. The molecule has 2 aromatic carbocycles. The SMILES string of the molecule is CCOC(=O)Cc1ccc2cccc(C(C)c3cnc[nH]3)c2c1. The number of carbonyl (C=O) groups excluding carboxylic acids is 1. The third-order valence-electron chi connectivity index (χ3n) is 4.09. The number of H-pyrrole nitrogens is 1. The molecule has 1 heterocycles. The van der Waals surface area contributed by atoms with Crippen LogP contribution in [0.5, 0.6) is 0 Å². The number of benzene rings is 2. The number of rotatable bonds is 5. The molecule has 1 N–H and O–H groups in total. The van der Waals surface area contributed by atoms with E-state index in [1.54, 1.807) is 6.33 Å². The Morgan fingerprint density at radius 2 is 2.17 bits per heavy atom. The molecule has 0 aliphatic rings. The van der Waals surface area contributed by atoms with E-state index in [0.717, 1.165) is 16.6 Å². The molecule has 3 aromatic rings. The van der Waals surface area contributed by atoms with E-state index in [2.05, 4.69) is 47.2 Å². The summed E-state index contributed by atoms with van der Waals surface area (Å²) in [6.07, 6.45) is 3.85. The van der Waals surface area contributed by atoms with E-state index in [1.807, 2.05) is 19.2 Å². The van der Waals surface area contributed by atoms with Crippen molar-refractivity contribution in [3.63, 3.8) is 0 Å². The van der Waals surface area contributed by atoms with E-state index in [0.29, 0.717) is 13.0 Å². The maximum Gasteiger partial charge on any atom is 0.310 e. The zero-order valence-corrected chi connectivity index (χ0v) is 13.4. The number of aromatic amines is 1. The van der Waals surface area contributed by atoms with Crippen LogP contribution in [-0.4, -0.2) is 22.5 Å². The lowest BCUT2D eigenvalue weighted by Gasteiger charge is -2.14. The predicted molar refractivity (Wildman–Crippen MR) is 90.4 cm³/mol. The van der Waals surface area contributed by atoms with Crippen LogP contribution in [0.15, 0.2) is 48.9 Å². The fourth-order valence-electron chi connectivity index (χ4n) is 2.88. The van der Waals surface area contributed by atoms with Crippen molar-refractivity contribution < 1.29 is 9.53 Å². The van der Waals surface area contributed by atoms with Crippen molar-refractivity contribution in [2.45, 2.75) is 26.2 Å². The Morgan fingerprint density at radius 3 is 2.91 bits per heavy atom. The fraction of sp³-hybridized carbons (Fsp3) is 0.263. The number of fused-ring (bicyclic) bond motifs is 1. The van der Waals surface area contributed by atoms with Gasteiger partial charge in [0.05, 0.1) is 19.4 Å². The van der Waals surface area contributed by atoms with E-state index < -0.39 is 0 Å². The highest BCUT2D eigenvalue weighted by Crippen LogP contribution is 2.30. The molecule has 23 heavy (non-hydrogen) atoms. The van der Waals surface area contributed by atoms with Crippen LogP contribution in [0.4, 0.5) is 0 Å². The van der Waals surface area contributed by atoms with Gasteiger partial charge in [-0.05, 0) is 28.8 Å². The first kappa shape index (κ1) is 15.3. The maximum absolute atomic E-state index is 11.7. The molecule has 0 radical (unpaired) electrons. The van der Waals surface area contributed by atoms with Gasteiger partial charge in [-0.3, -0.25) is 4.79 Å². The molecule has 118 valence electrons. The summed E-state index contributed by atoms with van der Waals surface area (Å²) in [5, 5.41) is 2.33. The monoisotopic (exact) mass is 308 g/mol. The first-order valence-electron chi connectivity index (χ1n) is 7.84. The Labute approximate surface area is 135 Å². The fourth-order valence-corrected chi connectivity index (χ4v) is 2.88. The van der Waals surface area contributed by atoms with Crippen molar-refractivity contribution in [2.24, 2.45) is 0 Å². The van der Waals surface area contributed by atoms with Crippen LogP contribution in [0.2, 0.25) is 0 Å². The van der Waals surface area contributed by atoms with Crippen LogP contribution in [0.3, 0.4) is 0 Å². The third kappa shape index (κ3) is 3.26. The molecule has 0 aliphatic heterocycles. The molecule has 1 unspecified atom stereocenters. The summed E-state index contributed by atoms with van der Waals surface area (Å²) in [7, 11) is 0. The Hall–Kier alpha value is -2.62. The number of hydrogen-bond acceptors (Lipinski definition) is 3. The second-order valence-electron chi connectivity index (χ2n) is 5.61. The lowest BCUT2D eigenvalue weighted by molar-refractivity contribution is -0.142. The molecule has 0 amide bonds. The van der Waals surface area contributed by atoms with E-state index >= 15 is 0 Å². The minimum Gasteiger partial charge on any atom is -0.466 e. The number of hydrogen-bond donors (Lipinski definition) is 1. The second kappa shape index (κ2) is 6.65. The molecule has 4 nitrogen and oxygen atoms in total. The number of aromatic nitrogens is 2. The first-order valence-corrected chi connectivity index (χ1v) is 7.84. The van der Waals surface area contributed by atoms with Gasteiger partial charge in [0.1, 0.15) is 0 Å². The quantitative estimate of drug-likeness (QED) is 0.729. The Kier molecular flexibility index (Phi) is 4.42. The Bertz CT molecular complexity index is 809. The Balaban J connectivity index is 1.99. The molecule has 0 saturated heterocycles. The molecule has 0 saturated carbocycles. The third-order valence-corrected chi connectivity index (χ3v) is 4.09. The molecule has 0 aliphatic carbocycles. The summed E-state index contributed by atoms with van der Waals surface area (Å²) in [4.78, 5) is 19.0. The average Bonchev–Trinajstić information content (AvgIpc) is 3.08. The standard InChI is InChI=1S/C19H20N2O2/c1-3-23-19(22)10-14-7-8-15-5-4-6-16(17(15)9-14)13(2)18-11-20-12-21-18/h4-9,11-13H,3,10H2,1-2H3,(H,20,21). The molecule has 0 bridgehead atoms. The summed E-state index contributed by atoms with van der Waals surface area (Å²) in [6, 6.07) is 12.4. The van der Waals surface area contributed by atoms with Crippen molar-refractivity contribution in [2.75, 3.05) is 6.61 Å². The molecular weight excluding hydrogens is 288 g/mol. The summed E-state index contributed by atoms with van der Waals surface area (Å²) in [5.41, 5.74) is 3.27. The highest BCUT2D eigenvalue weighted by Gasteiger charge is 2.14. The summed E-state index contributed by atoms with van der Waals surface area (Å²) < 4.78 is 5.04. The number of imidazole rings is 1. The Morgan fingerprint density at radius 1 is 1.30 bits per heavy atom. The summed E-state index contributed by atoms with van der Waals surface area (Å²) >= 11 is 0. The second-order valence-corrected chi connectivity index (χ2v) is 5.61. The topological polar surface area (TPSA) is 55.0 Å². The van der Waals surface area contributed by atoms with Gasteiger partial charge >= 0.3 is 5.97 Å². The largest absolute Gasteiger partial charge is 0.466 e. The minimum absolute atomic E-state index is 0.189. The number of esters is 1. The van der Waals surface area contributed by atoms with Gasteiger partial charge in [0.25, 0.3) is 0 Å². The van der Waals surface area contributed by atoms with Gasteiger partial charge in [-0.15, -0.1) is 0 Å². The van der Waals surface area contributed by atoms with Gasteiger partial charge in [-0.2, -0.15) is 0 Å². The molecule has 3 rings (SSSR count). The van der Waals surface area contributed by atoms with Crippen LogP contribution in [0.25, 0.3) is 10.8 Å². The van der Waals surface area contributed by atoms with Gasteiger partial charge in [0.2, 0.25) is 0 Å². The zero-order chi connectivity index (χ0) is 16.2. The highest BCUT2D eigenvalue weighted by molar-refractivity contribution is 5.88. The van der Waals surface area contributed by atoms with E-state index in [1.165, 1.54) is 10.9 Å². The van der Waals surface area contributed by atoms with Gasteiger partial charge < -0.3 is 9.72 Å². The van der Waals surface area contributed by atoms with Crippen molar-refractivity contribution in [3.05, 3.63) is 65.7 Å². The normalized spacial score (nSPS) is 12.3. The average molecular weight is 308 g/mol. The van der Waals surface area contributed by atoms with Crippen molar-refractivity contribution >= 4 is 16.7 Å². The number of carbonyl (C=O) groups is 1. The smallest absolute Gasteiger partial charge is 0.310 e. The van der Waals surface area contributed by atoms with Gasteiger partial charge in [-0.25, -0.2) is 4.98 Å². The van der Waals surface area contributed by atoms with Crippen molar-refractivity contribution in [1.29, 1.82) is 0 Å². The van der Waals surface area contributed by atoms with Crippen LogP contribution in [0, 0.1) is 0 Å². The van der Waals surface area contributed by atoms with E-state index in [-0.39, 0.29) is 11.9 Å². The lowest BCUT2D eigenvalue weighted by Crippen LogP contribution is -2.07. The minimum atomic E-state index is -0.189. The number of nitrogens with zero attached hydrogens (tertiary/aromatic N) is 1. The summed E-state index contributed by atoms with van der Waals surface area (Å²) in [5.74, 6) is 0.0185. The van der Waals surface area contributed by atoms with Crippen molar-refractivity contribution in [3.8, 4) is 0 Å². The lowest BCUT2D eigenvalue weighted by atomic mass is 9.91. The molecule has 0 fully saturated rings. The molecular formula is C19H20N2O2. The zero-order valence-electron chi connectivity index (χ0n) is 13.4. The molecule has 0 spiro atoms. The molecule has 4 heteroatoms. The summed E-state index contributed by atoms with van der Waals surface area (Å²) in [6.45, 7) is 4.39. The molecule has 1 atom stereocenters. The van der Waals surface area contributed by atoms with Crippen LogP contribution in [0.1, 0.15) is 36.6 Å². The van der Waals surface area contributed by atoms with Gasteiger partial charge in [0, 0.05) is 17.8 Å². The molecule has 1 aromatic heterocycles. The number of nitrogens with one attached hydrogen (secondary N) is 1. The van der Waals surface area contributed by atoms with Crippen LogP contribution in [-0.2, 0) is 16.0 Å². The van der Waals surface area contributed by atoms with Crippen molar-refractivity contribution in [1.82, 2.24) is 9.97 Å². The highest BCUT2D eigenvalue weighted by atomic mass is 16.5. The van der Waals surface area contributed by atoms with Gasteiger partial charge in [-0.1, -0.05) is 43.3 Å². The first-order chi connectivity index (χ1) is 11.2. The predicted octanol–water partition coefficient (Wildman–Crippen LogP) is 3.82. The van der Waals surface area contributed by atoms with E-state index in [4.69, 9.17) is 4.74 Å². The van der Waals surface area contributed by atoms with Crippen LogP contribution < -0.4 is 0 Å². The van der Waals surface area contributed by atoms with E-state index in [9.17, 15) is 4.79 Å². The number of ether oxygens (including phenoxy) is 1. The van der Waals surface area contributed by atoms with Gasteiger partial charge in [0.15, 0.2) is 0 Å². The van der Waals surface area contributed by atoms with Crippen LogP contribution >= 0.6 is 0 Å².